The number of nitrogens with zero attached hydrogens (tertiary/aromatic N) is 1. The molecule has 0 radical (unpaired) electrons. The number of nitrogens with two attached hydrogens (primary N) is 3. The van der Waals surface area contributed by atoms with Crippen molar-refractivity contribution in [1.29, 1.82) is 0 Å². The van der Waals surface area contributed by atoms with E-state index in [9.17, 15) is 43.5 Å². The predicted molar refractivity (Wildman–Crippen MR) is 165 cm³/mol. The van der Waals surface area contributed by atoms with Gasteiger partial charge in [-0.25, -0.2) is 10.7 Å². The van der Waals surface area contributed by atoms with Crippen molar-refractivity contribution in [3.05, 3.63) is 0 Å². The number of aliphatic carboxylic acids is 2. The molecule has 0 aromatic heterocycles. The third kappa shape index (κ3) is 21.6. The molecule has 15 N–H and O–H groups in total. The summed E-state index contributed by atoms with van der Waals surface area (Å²) in [5.74, 6) is -3.09. The Balaban J connectivity index is 4.94. The van der Waals surface area contributed by atoms with Gasteiger partial charge in [0.25, 0.3) is 0 Å². The molecule has 0 aromatic carbocycles. The number of unbranched alkanes of at least 4 members (excludes halogenated alkanes) is 3. The van der Waals surface area contributed by atoms with E-state index in [0.717, 1.165) is 6.42 Å². The van der Waals surface area contributed by atoms with Crippen molar-refractivity contribution in [2.24, 2.45) is 22.4 Å². The van der Waals surface area contributed by atoms with E-state index < -0.39 is 85.7 Å². The number of carbonyl (C=O) groups is 8. The van der Waals surface area contributed by atoms with Crippen molar-refractivity contribution in [3.8, 4) is 0 Å². The number of rotatable bonds is 26. The Hall–Kier alpha value is -5.09. The maximum absolute atomic E-state index is 13.0. The number of aliphatic imine (C=N–C) groups is 1. The van der Waals surface area contributed by atoms with Gasteiger partial charge in [0.05, 0.1) is 26.1 Å². The minimum absolute atomic E-state index is 0.0392. The molecule has 0 saturated heterocycles. The second-order valence-electron chi connectivity index (χ2n) is 10.2. The van der Waals surface area contributed by atoms with Crippen LogP contribution in [-0.4, -0.2) is 126 Å². The van der Waals surface area contributed by atoms with Crippen molar-refractivity contribution in [2.75, 3.05) is 39.4 Å². The van der Waals surface area contributed by atoms with Gasteiger partial charge in [-0.05, 0) is 25.7 Å². The molecule has 22 heteroatoms. The molecular formula is C26H46N10O12. The van der Waals surface area contributed by atoms with Gasteiger partial charge in [-0.2, -0.15) is 0 Å². The van der Waals surface area contributed by atoms with Crippen LogP contribution < -0.4 is 49.3 Å². The molecule has 22 nitrogen and oxygen atoms in total. The van der Waals surface area contributed by atoms with Crippen LogP contribution in [0.1, 0.15) is 51.4 Å². The number of hydrogen-bond donors (Lipinski definition) is 12. The van der Waals surface area contributed by atoms with E-state index in [0.29, 0.717) is 25.8 Å². The molecule has 0 aliphatic heterocycles. The number of guanidine groups is 1. The fourth-order valence-electron chi connectivity index (χ4n) is 3.76. The van der Waals surface area contributed by atoms with Gasteiger partial charge in [0.1, 0.15) is 24.7 Å². The van der Waals surface area contributed by atoms with Crippen LogP contribution in [0.4, 0.5) is 0 Å². The number of carboxylic acids is 2. The number of aliphatic hydroxyl groups is 1. The normalized spacial score (nSPS) is 12.3. The van der Waals surface area contributed by atoms with E-state index in [1.165, 1.54) is 0 Å². The fraction of sp³-hybridized carbons (Fsp3) is 0.654. The molecule has 0 fully saturated rings. The van der Waals surface area contributed by atoms with E-state index in [2.05, 4.69) is 36.4 Å². The summed E-state index contributed by atoms with van der Waals surface area (Å²) in [6.45, 7) is -1.81. The fourth-order valence-corrected chi connectivity index (χ4v) is 3.76. The van der Waals surface area contributed by atoms with Crippen LogP contribution in [0.3, 0.4) is 0 Å². The summed E-state index contributed by atoms with van der Waals surface area (Å²) in [5.41, 5.74) is 10.6. The Morgan fingerprint density at radius 1 is 0.688 bits per heavy atom. The van der Waals surface area contributed by atoms with Crippen molar-refractivity contribution >= 4 is 53.3 Å². The van der Waals surface area contributed by atoms with E-state index in [1.807, 2.05) is 5.32 Å². The number of carbonyl (C=O) groups excluding carboxylic acids is 6. The second kappa shape index (κ2) is 25.1. The Labute approximate surface area is 275 Å². The zero-order valence-electron chi connectivity index (χ0n) is 26.3. The van der Waals surface area contributed by atoms with Crippen molar-refractivity contribution in [3.63, 3.8) is 0 Å². The monoisotopic (exact) mass is 690 g/mol. The number of nitrogens with one attached hydrogen (secondary N) is 6. The lowest BCUT2D eigenvalue weighted by atomic mass is 10.1. The number of carboxylic acid groups (broad SMARTS) is 2. The molecule has 0 saturated carbocycles. The van der Waals surface area contributed by atoms with Gasteiger partial charge in [0.2, 0.25) is 35.4 Å². The zero-order chi connectivity index (χ0) is 36.5. The van der Waals surface area contributed by atoms with E-state index in [1.54, 1.807) is 0 Å². The third-order valence-electron chi connectivity index (χ3n) is 6.17. The van der Waals surface area contributed by atoms with Crippen LogP contribution in [0.2, 0.25) is 0 Å². The summed E-state index contributed by atoms with van der Waals surface area (Å²) in [6, 6.07) is -4.94. The van der Waals surface area contributed by atoms with Gasteiger partial charge in [-0.15, -0.1) is 0 Å². The summed E-state index contributed by atoms with van der Waals surface area (Å²) < 4.78 is 0. The van der Waals surface area contributed by atoms with Gasteiger partial charge in [-0.1, -0.05) is 12.8 Å². The van der Waals surface area contributed by atoms with Crippen molar-refractivity contribution in [2.45, 2.75) is 69.5 Å². The van der Waals surface area contributed by atoms with Gasteiger partial charge in [-0.3, -0.25) is 43.4 Å². The molecule has 0 bridgehead atoms. The Morgan fingerprint density at radius 3 is 1.90 bits per heavy atom. The molecule has 0 unspecified atom stereocenters. The van der Waals surface area contributed by atoms with Gasteiger partial charge in [0, 0.05) is 19.5 Å². The highest BCUT2D eigenvalue weighted by Gasteiger charge is 2.30. The largest absolute Gasteiger partial charge is 0.481 e. The number of amides is 6. The minimum Gasteiger partial charge on any atom is -0.481 e. The summed E-state index contributed by atoms with van der Waals surface area (Å²) in [4.78, 5) is 104. The predicted octanol–water partition coefficient (Wildman–Crippen LogP) is -5.76. The highest BCUT2D eigenvalue weighted by Crippen LogP contribution is 2.04. The lowest BCUT2D eigenvalue weighted by Crippen LogP contribution is -2.57. The van der Waals surface area contributed by atoms with E-state index in [-0.39, 0.29) is 44.3 Å². The standard InChI is InChI=1S/C26H46N10O12/c27-26(28)31-9-5-6-15(23(44)35-16(10-22(42)43)24(45)36-17(13-37)25(46)47)34-20(40)12-33-19(39)11-32-18(38)7-3-1-2-4-8-30-21(41)14-48-29/h15-17,37H,1-14,29H2,(H,30,41)(H,32,38)(H,33,39)(H,34,40)(H,35,44)(H,36,45)(H,42,43)(H,46,47)(H4,27,28,31)/t15-,16-,17-/m0/s1. The number of hydrogen-bond acceptors (Lipinski definition) is 12. The van der Waals surface area contributed by atoms with Gasteiger partial charge in [0.15, 0.2) is 5.96 Å². The maximum Gasteiger partial charge on any atom is 0.328 e. The van der Waals surface area contributed by atoms with Crippen molar-refractivity contribution in [1.82, 2.24) is 31.9 Å². The second-order valence-corrected chi connectivity index (χ2v) is 10.2. The van der Waals surface area contributed by atoms with Crippen LogP contribution in [0.15, 0.2) is 4.99 Å². The van der Waals surface area contributed by atoms with Crippen LogP contribution in [-0.2, 0) is 43.2 Å². The molecule has 48 heavy (non-hydrogen) atoms. The highest BCUT2D eigenvalue weighted by atomic mass is 16.6. The molecule has 0 heterocycles. The first-order chi connectivity index (χ1) is 22.7. The van der Waals surface area contributed by atoms with Crippen LogP contribution >= 0.6 is 0 Å². The molecule has 3 atom stereocenters. The van der Waals surface area contributed by atoms with Gasteiger partial charge < -0.3 is 58.7 Å². The summed E-state index contributed by atoms with van der Waals surface area (Å²) in [5, 5.41) is 41.0. The Bertz CT molecular complexity index is 1130. The first-order valence-electron chi connectivity index (χ1n) is 14.8. The smallest absolute Gasteiger partial charge is 0.328 e. The first kappa shape index (κ1) is 42.9. The summed E-state index contributed by atoms with van der Waals surface area (Å²) in [6.07, 6.45) is 1.91. The lowest BCUT2D eigenvalue weighted by molar-refractivity contribution is -0.144. The molecule has 6 amide bonds. The van der Waals surface area contributed by atoms with Crippen LogP contribution in [0.25, 0.3) is 0 Å². The Morgan fingerprint density at radius 2 is 1.29 bits per heavy atom. The van der Waals surface area contributed by atoms with Crippen LogP contribution in [0, 0.1) is 0 Å². The van der Waals surface area contributed by atoms with Crippen LogP contribution in [0.5, 0.6) is 0 Å². The average Bonchev–Trinajstić information content (AvgIpc) is 3.01. The van der Waals surface area contributed by atoms with Gasteiger partial charge >= 0.3 is 11.9 Å². The first-order valence-corrected chi connectivity index (χ1v) is 14.8. The molecule has 0 aliphatic rings. The lowest BCUT2D eigenvalue weighted by Gasteiger charge is -2.23. The van der Waals surface area contributed by atoms with E-state index >= 15 is 0 Å². The molecule has 0 rings (SSSR count). The SMILES string of the molecule is NOCC(=O)NCCCCCCC(=O)NCC(=O)NCC(=O)N[C@@H](CCCN=C(N)N)C(=O)N[C@@H](CC(=O)O)C(=O)N[C@@H](CO)C(=O)O. The topological polar surface area (TPSA) is 369 Å². The maximum atomic E-state index is 13.0. The molecule has 0 aromatic rings. The quantitative estimate of drug-likeness (QED) is 0.0174. The molecule has 272 valence electrons. The molecule has 0 aliphatic carbocycles. The molecule has 0 spiro atoms. The third-order valence-corrected chi connectivity index (χ3v) is 6.17. The summed E-state index contributed by atoms with van der Waals surface area (Å²) in [7, 11) is 0. The number of aliphatic hydroxyl groups excluding tert-OH is 1. The average molecular weight is 691 g/mol. The van der Waals surface area contributed by atoms with E-state index in [4.69, 9.17) is 27.6 Å². The molecular weight excluding hydrogens is 644 g/mol. The summed E-state index contributed by atoms with van der Waals surface area (Å²) >= 11 is 0. The minimum atomic E-state index is -1.78. The Kier molecular flexibility index (Phi) is 22.4. The van der Waals surface area contributed by atoms with Crippen molar-refractivity contribution < 1.29 is 58.5 Å². The zero-order valence-corrected chi connectivity index (χ0v) is 26.3. The highest BCUT2D eigenvalue weighted by molar-refractivity contribution is 5.95.